The van der Waals surface area contributed by atoms with E-state index in [0.29, 0.717) is 24.1 Å². The van der Waals surface area contributed by atoms with Crippen LogP contribution >= 0.6 is 35.6 Å². The van der Waals surface area contributed by atoms with E-state index in [1.165, 1.54) is 12.1 Å². The molecule has 8 nitrogen and oxygen atoms in total. The molecule has 1 aliphatic heterocycles. The summed E-state index contributed by atoms with van der Waals surface area (Å²) in [5.41, 5.74) is -0.0461. The number of aliphatic imine (C=N–C) groups is 1. The third-order valence-corrected chi connectivity index (χ3v) is 6.29. The summed E-state index contributed by atoms with van der Waals surface area (Å²) in [5.74, 6) is 0.628. The Balaban J connectivity index is 0.00000420. The summed E-state index contributed by atoms with van der Waals surface area (Å²) in [4.78, 5) is 6.73. The minimum atomic E-state index is -3.59. The van der Waals surface area contributed by atoms with Crippen LogP contribution in [0.25, 0.3) is 0 Å². The van der Waals surface area contributed by atoms with Crippen molar-refractivity contribution in [2.45, 2.75) is 24.3 Å². The lowest BCUT2D eigenvalue weighted by Crippen LogP contribution is -2.56. The highest BCUT2D eigenvalue weighted by Crippen LogP contribution is 2.15. The van der Waals surface area contributed by atoms with E-state index in [4.69, 9.17) is 16.3 Å². The lowest BCUT2D eigenvalue weighted by atomic mass is 10.0. The second-order valence-corrected chi connectivity index (χ2v) is 9.32. The lowest BCUT2D eigenvalue weighted by Gasteiger charge is -2.41. The van der Waals surface area contributed by atoms with Crippen molar-refractivity contribution in [3.05, 3.63) is 29.3 Å². The molecule has 0 bridgehead atoms. The van der Waals surface area contributed by atoms with Gasteiger partial charge in [0.15, 0.2) is 5.96 Å². The molecule has 3 N–H and O–H groups in total. The fourth-order valence-corrected chi connectivity index (χ4v) is 4.22. The van der Waals surface area contributed by atoms with Crippen molar-refractivity contribution >= 4 is 51.6 Å². The van der Waals surface area contributed by atoms with Gasteiger partial charge in [-0.1, -0.05) is 17.7 Å². The van der Waals surface area contributed by atoms with Gasteiger partial charge in [-0.15, -0.1) is 24.0 Å². The molecule has 0 atom stereocenters. The van der Waals surface area contributed by atoms with Gasteiger partial charge in [-0.25, -0.2) is 13.1 Å². The number of nitrogens with one attached hydrogen (secondary N) is 3. The molecular formula is C18H31ClIN5O3S. The van der Waals surface area contributed by atoms with E-state index in [9.17, 15) is 8.42 Å². The SMILES string of the molecule is CN=C(NCCNS(=O)(=O)c1cccc(Cl)c1)NCC(C)(C)N1CCOCC1.I. The molecule has 1 fully saturated rings. The van der Waals surface area contributed by atoms with Crippen LogP contribution in [-0.2, 0) is 14.8 Å². The number of hydrogen-bond donors (Lipinski definition) is 3. The number of ether oxygens (including phenoxy) is 1. The summed E-state index contributed by atoms with van der Waals surface area (Å²) < 4.78 is 32.5. The van der Waals surface area contributed by atoms with E-state index in [0.717, 1.165) is 26.3 Å². The van der Waals surface area contributed by atoms with E-state index in [1.807, 2.05) is 0 Å². The molecule has 11 heteroatoms. The van der Waals surface area contributed by atoms with E-state index in [-0.39, 0.29) is 41.0 Å². The van der Waals surface area contributed by atoms with Gasteiger partial charge in [0.2, 0.25) is 10.0 Å². The predicted octanol–water partition coefficient (Wildman–Crippen LogP) is 1.51. The van der Waals surface area contributed by atoms with Crippen LogP contribution in [0.15, 0.2) is 34.2 Å². The lowest BCUT2D eigenvalue weighted by molar-refractivity contribution is -0.00833. The Hall–Kier alpha value is -0.660. The molecule has 1 saturated heterocycles. The number of morpholine rings is 1. The Labute approximate surface area is 195 Å². The third-order valence-electron chi connectivity index (χ3n) is 4.60. The monoisotopic (exact) mass is 559 g/mol. The Morgan fingerprint density at radius 2 is 1.93 bits per heavy atom. The first-order valence-electron chi connectivity index (χ1n) is 9.27. The predicted molar refractivity (Wildman–Crippen MR) is 128 cm³/mol. The zero-order chi connectivity index (χ0) is 20.6. The van der Waals surface area contributed by atoms with Crippen molar-refractivity contribution < 1.29 is 13.2 Å². The molecule has 166 valence electrons. The van der Waals surface area contributed by atoms with Crippen molar-refractivity contribution in [2.24, 2.45) is 4.99 Å². The van der Waals surface area contributed by atoms with E-state index in [2.05, 4.69) is 39.1 Å². The van der Waals surface area contributed by atoms with Crippen molar-refractivity contribution in [2.75, 3.05) is 53.0 Å². The smallest absolute Gasteiger partial charge is 0.240 e. The first kappa shape index (κ1) is 26.4. The minimum absolute atomic E-state index is 0. The highest BCUT2D eigenvalue weighted by atomic mass is 127. The Bertz CT molecular complexity index is 771. The fraction of sp³-hybridized carbons (Fsp3) is 0.611. The molecule has 1 heterocycles. The number of rotatable bonds is 8. The van der Waals surface area contributed by atoms with Gasteiger partial charge >= 0.3 is 0 Å². The number of nitrogens with zero attached hydrogens (tertiary/aromatic N) is 2. The Kier molecular flexibility index (Phi) is 11.1. The number of hydrogen-bond acceptors (Lipinski definition) is 5. The highest BCUT2D eigenvalue weighted by Gasteiger charge is 2.28. The number of benzene rings is 1. The minimum Gasteiger partial charge on any atom is -0.379 e. The van der Waals surface area contributed by atoms with Gasteiger partial charge in [-0.2, -0.15) is 0 Å². The van der Waals surface area contributed by atoms with Crippen LogP contribution in [0.4, 0.5) is 0 Å². The van der Waals surface area contributed by atoms with Gasteiger partial charge in [-0.05, 0) is 32.0 Å². The summed E-state index contributed by atoms with van der Waals surface area (Å²) in [6.45, 7) is 9.01. The van der Waals surface area contributed by atoms with Crippen LogP contribution in [-0.4, -0.2) is 77.8 Å². The zero-order valence-electron chi connectivity index (χ0n) is 17.1. The van der Waals surface area contributed by atoms with Gasteiger partial charge in [0.1, 0.15) is 0 Å². The Morgan fingerprint density at radius 3 is 2.55 bits per heavy atom. The average Bonchev–Trinajstić information content (AvgIpc) is 2.68. The first-order chi connectivity index (χ1) is 13.2. The van der Waals surface area contributed by atoms with Crippen LogP contribution in [0.2, 0.25) is 5.02 Å². The molecular weight excluding hydrogens is 529 g/mol. The van der Waals surface area contributed by atoms with Gasteiger partial charge < -0.3 is 15.4 Å². The fourth-order valence-electron chi connectivity index (χ4n) is 2.88. The van der Waals surface area contributed by atoms with Crippen molar-refractivity contribution in [3.8, 4) is 0 Å². The van der Waals surface area contributed by atoms with Crippen LogP contribution in [0.1, 0.15) is 13.8 Å². The quantitative estimate of drug-likeness (QED) is 0.194. The standard InChI is InChI=1S/C18H30ClN5O3S.HI/c1-18(2,24-9-11-27-12-10-24)14-22-17(20-3)21-7-8-23-28(25,26)16-6-4-5-15(19)13-16;/h4-6,13,23H,7-12,14H2,1-3H3,(H2,20,21,22);1H. The molecule has 0 radical (unpaired) electrons. The zero-order valence-corrected chi connectivity index (χ0v) is 21.0. The van der Waals surface area contributed by atoms with Crippen molar-refractivity contribution in [1.82, 2.24) is 20.3 Å². The van der Waals surface area contributed by atoms with E-state index >= 15 is 0 Å². The van der Waals surface area contributed by atoms with E-state index < -0.39 is 10.0 Å². The van der Waals surface area contributed by atoms with Gasteiger partial charge in [0, 0.05) is 50.3 Å². The molecule has 1 aliphatic rings. The number of guanidine groups is 1. The normalized spacial score (nSPS) is 16.2. The maximum atomic E-state index is 12.3. The van der Waals surface area contributed by atoms with Crippen LogP contribution < -0.4 is 15.4 Å². The largest absolute Gasteiger partial charge is 0.379 e. The molecule has 0 unspecified atom stereocenters. The van der Waals surface area contributed by atoms with Gasteiger partial charge in [0.25, 0.3) is 0 Å². The summed E-state index contributed by atoms with van der Waals surface area (Å²) >= 11 is 5.86. The summed E-state index contributed by atoms with van der Waals surface area (Å²) in [5, 5.41) is 6.81. The number of halogens is 2. The van der Waals surface area contributed by atoms with E-state index in [1.54, 1.807) is 19.2 Å². The molecule has 0 spiro atoms. The average molecular weight is 560 g/mol. The van der Waals surface area contributed by atoms with Gasteiger partial charge in [0.05, 0.1) is 18.1 Å². The molecule has 2 rings (SSSR count). The van der Waals surface area contributed by atoms with Crippen molar-refractivity contribution in [3.63, 3.8) is 0 Å². The maximum Gasteiger partial charge on any atom is 0.240 e. The second kappa shape index (κ2) is 12.3. The summed E-state index contributed by atoms with van der Waals surface area (Å²) in [6, 6.07) is 6.18. The topological polar surface area (TPSA) is 95.1 Å². The molecule has 1 aromatic rings. The summed E-state index contributed by atoms with van der Waals surface area (Å²) in [7, 11) is -1.90. The molecule has 29 heavy (non-hydrogen) atoms. The van der Waals surface area contributed by atoms with Crippen LogP contribution in [0.5, 0.6) is 0 Å². The molecule has 0 aromatic heterocycles. The van der Waals surface area contributed by atoms with Crippen LogP contribution in [0, 0.1) is 0 Å². The number of sulfonamides is 1. The summed E-state index contributed by atoms with van der Waals surface area (Å²) in [6.07, 6.45) is 0. The maximum absolute atomic E-state index is 12.3. The van der Waals surface area contributed by atoms with Crippen LogP contribution in [0.3, 0.4) is 0 Å². The second-order valence-electron chi connectivity index (χ2n) is 7.12. The van der Waals surface area contributed by atoms with Crippen molar-refractivity contribution in [1.29, 1.82) is 0 Å². The van der Waals surface area contributed by atoms with Gasteiger partial charge in [-0.3, -0.25) is 9.89 Å². The third kappa shape index (κ3) is 8.54. The molecule has 1 aromatic carbocycles. The molecule has 0 aliphatic carbocycles. The Morgan fingerprint density at radius 1 is 1.24 bits per heavy atom. The first-order valence-corrected chi connectivity index (χ1v) is 11.1. The highest BCUT2D eigenvalue weighted by molar-refractivity contribution is 14.0. The molecule has 0 saturated carbocycles. The molecule has 0 amide bonds.